The van der Waals surface area contributed by atoms with E-state index in [0.29, 0.717) is 30.6 Å². The van der Waals surface area contributed by atoms with E-state index in [1.165, 1.54) is 30.0 Å². The molecule has 1 saturated heterocycles. The van der Waals surface area contributed by atoms with Crippen LogP contribution in [0.1, 0.15) is 6.92 Å². The molecule has 1 aromatic carbocycles. The molecule has 0 bridgehead atoms. The van der Waals surface area contributed by atoms with Gasteiger partial charge in [0.1, 0.15) is 5.02 Å². The highest BCUT2D eigenvalue weighted by atomic mass is 35.5. The summed E-state index contributed by atoms with van der Waals surface area (Å²) in [6.45, 7) is 5.46. The Morgan fingerprint density at radius 1 is 1.39 bits per heavy atom. The van der Waals surface area contributed by atoms with E-state index < -0.39 is 4.92 Å². The van der Waals surface area contributed by atoms with E-state index >= 15 is 0 Å². The number of nitrogens with zero attached hydrogens (tertiary/aromatic N) is 5. The third-order valence-electron chi connectivity index (χ3n) is 4.07. The molecule has 0 aliphatic carbocycles. The minimum Gasteiger partial charge on any atom is -0.378 e. The summed E-state index contributed by atoms with van der Waals surface area (Å²) in [6, 6.07) is 4.13. The molecule has 1 N–H and O–H groups in total. The number of rotatable bonds is 7. The predicted octanol–water partition coefficient (Wildman–Crippen LogP) is 2.43. The number of amides is 1. The third kappa shape index (κ3) is 4.72. The van der Waals surface area contributed by atoms with Crippen LogP contribution in [0.5, 0.6) is 0 Å². The summed E-state index contributed by atoms with van der Waals surface area (Å²) < 4.78 is 7.31. The lowest BCUT2D eigenvalue weighted by Crippen LogP contribution is -2.38. The van der Waals surface area contributed by atoms with Crippen molar-refractivity contribution in [3.63, 3.8) is 0 Å². The average Bonchev–Trinajstić information content (AvgIpc) is 3.11. The van der Waals surface area contributed by atoms with Crippen molar-refractivity contribution in [1.82, 2.24) is 14.8 Å². The number of nitro groups is 1. The van der Waals surface area contributed by atoms with Gasteiger partial charge in [-0.1, -0.05) is 23.4 Å². The number of morpholine rings is 1. The smallest absolute Gasteiger partial charge is 0.289 e. The Morgan fingerprint density at radius 2 is 2.14 bits per heavy atom. The van der Waals surface area contributed by atoms with Gasteiger partial charge in [0.25, 0.3) is 5.69 Å². The van der Waals surface area contributed by atoms with E-state index in [1.807, 2.05) is 11.5 Å². The minimum absolute atomic E-state index is 0.0177. The molecule has 1 aliphatic rings. The fraction of sp³-hybridized carbons (Fsp3) is 0.438. The molecule has 28 heavy (non-hydrogen) atoms. The van der Waals surface area contributed by atoms with E-state index in [0.717, 1.165) is 19.0 Å². The van der Waals surface area contributed by atoms with Gasteiger partial charge in [0.15, 0.2) is 5.16 Å². The van der Waals surface area contributed by atoms with E-state index in [9.17, 15) is 14.9 Å². The van der Waals surface area contributed by atoms with E-state index in [-0.39, 0.29) is 22.4 Å². The van der Waals surface area contributed by atoms with Crippen LogP contribution in [-0.2, 0) is 16.1 Å². The predicted molar refractivity (Wildman–Crippen MR) is 106 cm³/mol. The van der Waals surface area contributed by atoms with Gasteiger partial charge >= 0.3 is 0 Å². The van der Waals surface area contributed by atoms with Crippen molar-refractivity contribution in [3.8, 4) is 0 Å². The number of carbonyl (C=O) groups excluding carboxylic acids is 1. The molecule has 0 saturated carbocycles. The molecule has 2 aromatic rings. The number of nitrogens with one attached hydrogen (secondary N) is 1. The molecule has 12 heteroatoms. The minimum atomic E-state index is -0.594. The van der Waals surface area contributed by atoms with Crippen LogP contribution in [0.15, 0.2) is 23.4 Å². The average molecular weight is 427 g/mol. The zero-order chi connectivity index (χ0) is 20.1. The Labute approximate surface area is 170 Å². The molecule has 3 rings (SSSR count). The monoisotopic (exact) mass is 426 g/mol. The highest BCUT2D eigenvalue weighted by Gasteiger charge is 2.20. The van der Waals surface area contributed by atoms with E-state index in [1.54, 1.807) is 0 Å². The molecule has 150 valence electrons. The second-order valence-corrected chi connectivity index (χ2v) is 7.24. The van der Waals surface area contributed by atoms with Crippen molar-refractivity contribution in [2.45, 2.75) is 18.6 Å². The van der Waals surface area contributed by atoms with Crippen LogP contribution in [-0.4, -0.2) is 57.7 Å². The van der Waals surface area contributed by atoms with Gasteiger partial charge in [-0.25, -0.2) is 0 Å². The maximum absolute atomic E-state index is 12.2. The Morgan fingerprint density at radius 3 is 2.82 bits per heavy atom. The van der Waals surface area contributed by atoms with Gasteiger partial charge in [0, 0.05) is 31.4 Å². The van der Waals surface area contributed by atoms with Crippen LogP contribution in [0.3, 0.4) is 0 Å². The van der Waals surface area contributed by atoms with Crippen LogP contribution < -0.4 is 10.2 Å². The maximum atomic E-state index is 12.2. The number of hydrogen-bond acceptors (Lipinski definition) is 8. The summed E-state index contributed by atoms with van der Waals surface area (Å²) >= 11 is 7.04. The topological polar surface area (TPSA) is 115 Å². The van der Waals surface area contributed by atoms with Crippen LogP contribution in [0.4, 0.5) is 17.3 Å². The zero-order valence-electron chi connectivity index (χ0n) is 15.1. The summed E-state index contributed by atoms with van der Waals surface area (Å²) in [5.74, 6) is 0.555. The van der Waals surface area contributed by atoms with Gasteiger partial charge < -0.3 is 15.0 Å². The number of halogens is 1. The molecule has 10 nitrogen and oxygen atoms in total. The maximum Gasteiger partial charge on any atom is 0.289 e. The van der Waals surface area contributed by atoms with E-state index in [2.05, 4.69) is 20.4 Å². The Kier molecular flexibility index (Phi) is 6.70. The number of benzene rings is 1. The largest absolute Gasteiger partial charge is 0.378 e. The molecule has 1 amide bonds. The first-order valence-electron chi connectivity index (χ1n) is 8.62. The number of thioether (sulfide) groups is 1. The standard InChI is InChI=1S/C16H19ClN6O4S/c1-2-22-15(21-5-7-27-8-6-21)19-20-16(22)28-10-14(24)18-11-3-4-12(17)13(9-11)23(25)26/h3-4,9H,2,5-8,10H2,1H3,(H,18,24). The Hall–Kier alpha value is -2.37. The van der Waals surface area contributed by atoms with Crippen LogP contribution in [0.2, 0.25) is 5.02 Å². The molecule has 1 fully saturated rings. The molecule has 1 aliphatic heterocycles. The van der Waals surface area contributed by atoms with Crippen LogP contribution in [0, 0.1) is 10.1 Å². The number of hydrogen-bond donors (Lipinski definition) is 1. The lowest BCUT2D eigenvalue weighted by molar-refractivity contribution is -0.384. The van der Waals surface area contributed by atoms with Crippen molar-refractivity contribution in [1.29, 1.82) is 0 Å². The summed E-state index contributed by atoms with van der Waals surface area (Å²) in [7, 11) is 0. The first-order valence-corrected chi connectivity index (χ1v) is 9.98. The van der Waals surface area contributed by atoms with Crippen LogP contribution in [0.25, 0.3) is 0 Å². The lowest BCUT2D eigenvalue weighted by Gasteiger charge is -2.27. The number of aromatic nitrogens is 3. The summed E-state index contributed by atoms with van der Waals surface area (Å²) in [4.78, 5) is 24.7. The van der Waals surface area contributed by atoms with Crippen molar-refractivity contribution >= 4 is 46.6 Å². The van der Waals surface area contributed by atoms with Gasteiger partial charge in [-0.05, 0) is 19.1 Å². The summed E-state index contributed by atoms with van der Waals surface area (Å²) in [5, 5.41) is 22.7. The molecule has 1 aromatic heterocycles. The highest BCUT2D eigenvalue weighted by Crippen LogP contribution is 2.28. The van der Waals surface area contributed by atoms with Crippen molar-refractivity contribution < 1.29 is 14.5 Å². The van der Waals surface area contributed by atoms with E-state index in [4.69, 9.17) is 16.3 Å². The summed E-state index contributed by atoms with van der Waals surface area (Å²) in [6.07, 6.45) is 0. The molecular weight excluding hydrogens is 408 g/mol. The second-order valence-electron chi connectivity index (χ2n) is 5.89. The van der Waals surface area contributed by atoms with Gasteiger partial charge in [-0.15, -0.1) is 10.2 Å². The molecule has 0 spiro atoms. The molecule has 0 radical (unpaired) electrons. The first-order chi connectivity index (χ1) is 13.5. The highest BCUT2D eigenvalue weighted by molar-refractivity contribution is 7.99. The molecular formula is C16H19ClN6O4S. The normalized spacial score (nSPS) is 14.1. The number of nitro benzene ring substituents is 1. The number of ether oxygens (including phenoxy) is 1. The van der Waals surface area contributed by atoms with Crippen molar-refractivity contribution in [2.24, 2.45) is 0 Å². The Balaban J connectivity index is 1.62. The van der Waals surface area contributed by atoms with Gasteiger partial charge in [-0.3, -0.25) is 19.5 Å². The molecule has 0 unspecified atom stereocenters. The fourth-order valence-electron chi connectivity index (χ4n) is 2.72. The summed E-state index contributed by atoms with van der Waals surface area (Å²) in [5.41, 5.74) is 0.0562. The molecule has 2 heterocycles. The van der Waals surface area contributed by atoms with Gasteiger partial charge in [0.05, 0.1) is 23.9 Å². The van der Waals surface area contributed by atoms with Gasteiger partial charge in [-0.2, -0.15) is 0 Å². The SMILES string of the molecule is CCn1c(SCC(=O)Nc2ccc(Cl)c([N+](=O)[O-])c2)nnc1N1CCOCC1. The number of anilines is 2. The van der Waals surface area contributed by atoms with Crippen molar-refractivity contribution in [2.75, 3.05) is 42.3 Å². The quantitative estimate of drug-likeness (QED) is 0.407. The number of carbonyl (C=O) groups is 1. The Bertz CT molecular complexity index is 871. The molecule has 0 atom stereocenters. The van der Waals surface area contributed by atoms with Gasteiger partial charge in [0.2, 0.25) is 11.9 Å². The lowest BCUT2D eigenvalue weighted by atomic mass is 10.3. The third-order valence-corrected chi connectivity index (χ3v) is 5.35. The van der Waals surface area contributed by atoms with Crippen LogP contribution >= 0.6 is 23.4 Å². The van der Waals surface area contributed by atoms with Crippen molar-refractivity contribution in [3.05, 3.63) is 33.3 Å². The second kappa shape index (κ2) is 9.22. The zero-order valence-corrected chi connectivity index (χ0v) is 16.7. The first kappa shape index (κ1) is 20.4. The fourth-order valence-corrected chi connectivity index (χ4v) is 3.70.